The molecule has 1 aromatic carbocycles. The average Bonchev–Trinajstić information content (AvgIpc) is 3.35. The summed E-state index contributed by atoms with van der Waals surface area (Å²) in [6.07, 6.45) is 6.64. The number of allylic oxidation sites excluding steroid dienone is 6. The van der Waals surface area contributed by atoms with Crippen molar-refractivity contribution in [3.05, 3.63) is 69.7 Å². The van der Waals surface area contributed by atoms with E-state index in [4.69, 9.17) is 0 Å². The van der Waals surface area contributed by atoms with Gasteiger partial charge in [-0.15, -0.1) is 5.54 Å². The molecule has 0 radical (unpaired) electrons. The summed E-state index contributed by atoms with van der Waals surface area (Å²) in [5.74, 6) is 3.37. The van der Waals surface area contributed by atoms with Crippen LogP contribution in [0.4, 0.5) is 0 Å². The van der Waals surface area contributed by atoms with Gasteiger partial charge in [-0.1, -0.05) is 90.0 Å². The van der Waals surface area contributed by atoms with Crippen LogP contribution in [0.25, 0.3) is 11.1 Å². The minimum Gasteiger partial charge on any atom is -0.192 e. The molecule has 1 aliphatic carbocycles. The summed E-state index contributed by atoms with van der Waals surface area (Å²) in [4.78, 5) is 0. The minimum absolute atomic E-state index is 0.00940. The van der Waals surface area contributed by atoms with E-state index in [1.54, 1.807) is 12.1 Å². The van der Waals surface area contributed by atoms with E-state index in [9.17, 15) is 21.0 Å². The zero-order chi connectivity index (χ0) is 26.2. The van der Waals surface area contributed by atoms with Crippen molar-refractivity contribution in [1.29, 1.82) is 21.0 Å². The Bertz CT molecular complexity index is 1370. The first-order valence-corrected chi connectivity index (χ1v) is 14.0. The summed E-state index contributed by atoms with van der Waals surface area (Å²) in [6, 6.07) is 15.1. The molecular weight excluding hydrogens is 444 g/mol. The highest BCUT2D eigenvalue weighted by Crippen LogP contribution is 2.41. The Labute approximate surface area is 210 Å². The van der Waals surface area contributed by atoms with Crippen molar-refractivity contribution in [1.82, 2.24) is 0 Å². The molecule has 5 heteroatoms. The van der Waals surface area contributed by atoms with Crippen LogP contribution >= 0.6 is 0 Å². The van der Waals surface area contributed by atoms with Crippen LogP contribution in [0.1, 0.15) is 48.0 Å². The Morgan fingerprint density at radius 3 is 1.69 bits per heavy atom. The van der Waals surface area contributed by atoms with E-state index in [0.29, 0.717) is 33.8 Å². The van der Waals surface area contributed by atoms with E-state index in [1.165, 1.54) is 0 Å². The van der Waals surface area contributed by atoms with Crippen LogP contribution in [0.5, 0.6) is 0 Å². The van der Waals surface area contributed by atoms with Gasteiger partial charge in [0.2, 0.25) is 0 Å². The lowest BCUT2D eigenvalue weighted by atomic mass is 9.91. The molecule has 0 saturated heterocycles. The van der Waals surface area contributed by atoms with Crippen LogP contribution in [0.15, 0.2) is 59.2 Å². The van der Waals surface area contributed by atoms with Crippen LogP contribution in [-0.4, -0.2) is 8.07 Å². The lowest BCUT2D eigenvalue weighted by Crippen LogP contribution is -2.43. The van der Waals surface area contributed by atoms with Crippen molar-refractivity contribution < 1.29 is 0 Å². The fraction of sp³-hybridized carbons (Fsp3) is 0.333. The van der Waals surface area contributed by atoms with Gasteiger partial charge in [-0.25, -0.2) is 0 Å². The summed E-state index contributed by atoms with van der Waals surface area (Å²) in [7, 11) is -2.12. The molecule has 0 saturated carbocycles. The SMILES string of the molecule is CC(C)[Si](C#CC(=C(C#N)C#N)C(C1=CC=CC1)=c1ccc(=C(C#N)C#N)cc1)(C(C)C)C(C)C. The van der Waals surface area contributed by atoms with Crippen molar-refractivity contribution in [2.45, 2.75) is 64.6 Å². The summed E-state index contributed by atoms with van der Waals surface area (Å²) in [5.41, 5.74) is 7.09. The molecule has 0 atom stereocenters. The topological polar surface area (TPSA) is 95.2 Å². The second-order valence-electron chi connectivity index (χ2n) is 9.50. The van der Waals surface area contributed by atoms with Gasteiger partial charge in [0.25, 0.3) is 0 Å². The standard InChI is InChI=1S/C30H30N4Si/c1-21(2)35(22(3)4,23(5)6)16-15-29(28(19-33)20-34)30(25-9-7-8-10-25)26-13-11-24(12-14-26)27(17-31)18-32/h7-9,11-14,21-23H,10H2,1-6H3. The summed E-state index contributed by atoms with van der Waals surface area (Å²) in [6.45, 7) is 13.4. The number of nitriles is 4. The van der Waals surface area contributed by atoms with Gasteiger partial charge in [-0.3, -0.25) is 0 Å². The summed E-state index contributed by atoms with van der Waals surface area (Å²) >= 11 is 0. The van der Waals surface area contributed by atoms with Gasteiger partial charge in [-0.2, -0.15) is 21.0 Å². The molecule has 0 heterocycles. The first-order valence-electron chi connectivity index (χ1n) is 11.8. The van der Waals surface area contributed by atoms with Crippen LogP contribution < -0.4 is 10.4 Å². The molecule has 4 nitrogen and oxygen atoms in total. The van der Waals surface area contributed by atoms with Crippen LogP contribution in [0, 0.1) is 56.8 Å². The highest BCUT2D eigenvalue weighted by Gasteiger charge is 2.41. The largest absolute Gasteiger partial charge is 0.192 e. The van der Waals surface area contributed by atoms with E-state index < -0.39 is 8.07 Å². The molecular formula is C30H30N4Si. The zero-order valence-electron chi connectivity index (χ0n) is 21.3. The van der Waals surface area contributed by atoms with Crippen LogP contribution in [0.3, 0.4) is 0 Å². The molecule has 0 spiro atoms. The molecule has 1 aliphatic rings. The molecule has 0 N–H and O–H groups in total. The van der Waals surface area contributed by atoms with E-state index in [1.807, 2.05) is 42.5 Å². The third kappa shape index (κ3) is 5.53. The summed E-state index contributed by atoms with van der Waals surface area (Å²) < 4.78 is 0. The number of rotatable bonds is 5. The van der Waals surface area contributed by atoms with Crippen LogP contribution in [0.2, 0.25) is 16.6 Å². The molecule has 2 rings (SSSR count). The second kappa shape index (κ2) is 11.9. The minimum atomic E-state index is -2.12. The lowest BCUT2D eigenvalue weighted by molar-refractivity contribution is 0.838. The van der Waals surface area contributed by atoms with E-state index in [0.717, 1.165) is 16.4 Å². The smallest absolute Gasteiger partial charge is 0.146 e. The van der Waals surface area contributed by atoms with E-state index in [2.05, 4.69) is 65.1 Å². The predicted octanol–water partition coefficient (Wildman–Crippen LogP) is 5.49. The average molecular weight is 475 g/mol. The first-order chi connectivity index (χ1) is 16.7. The van der Waals surface area contributed by atoms with Gasteiger partial charge in [0.15, 0.2) is 0 Å². The molecule has 0 aliphatic heterocycles. The number of nitrogens with zero attached hydrogens (tertiary/aromatic N) is 4. The predicted molar refractivity (Wildman–Crippen MR) is 143 cm³/mol. The maximum Gasteiger partial charge on any atom is 0.146 e. The Morgan fingerprint density at radius 1 is 0.771 bits per heavy atom. The first kappa shape index (κ1) is 27.2. The number of benzene rings is 1. The zero-order valence-corrected chi connectivity index (χ0v) is 22.3. The molecule has 0 amide bonds. The van der Waals surface area contributed by atoms with Crippen molar-refractivity contribution in [3.8, 4) is 35.7 Å². The fourth-order valence-electron chi connectivity index (χ4n) is 5.07. The molecule has 0 bridgehead atoms. The Hall–Kier alpha value is -4.08. The normalized spacial score (nSPS) is 12.1. The third-order valence-corrected chi connectivity index (χ3v) is 13.1. The van der Waals surface area contributed by atoms with Gasteiger partial charge in [0.05, 0.1) is 5.57 Å². The lowest BCUT2D eigenvalue weighted by Gasteiger charge is -2.38. The fourth-order valence-corrected chi connectivity index (χ4v) is 10.3. The van der Waals surface area contributed by atoms with Gasteiger partial charge >= 0.3 is 0 Å². The Balaban J connectivity index is 3.01. The quantitative estimate of drug-likeness (QED) is 0.320. The Morgan fingerprint density at radius 2 is 1.29 bits per heavy atom. The van der Waals surface area contributed by atoms with Gasteiger partial charge < -0.3 is 0 Å². The van der Waals surface area contributed by atoms with Gasteiger partial charge in [0.1, 0.15) is 43.5 Å². The molecule has 0 unspecified atom stereocenters. The molecule has 174 valence electrons. The van der Waals surface area contributed by atoms with E-state index in [-0.39, 0.29) is 11.1 Å². The van der Waals surface area contributed by atoms with Gasteiger partial charge in [-0.05, 0) is 33.8 Å². The molecule has 0 aromatic heterocycles. The molecule has 1 aromatic rings. The van der Waals surface area contributed by atoms with Crippen LogP contribution in [-0.2, 0) is 0 Å². The maximum atomic E-state index is 9.86. The monoisotopic (exact) mass is 474 g/mol. The number of hydrogen-bond donors (Lipinski definition) is 0. The second-order valence-corrected chi connectivity index (χ2v) is 15.1. The van der Waals surface area contributed by atoms with Crippen molar-refractivity contribution in [2.75, 3.05) is 0 Å². The number of hydrogen-bond acceptors (Lipinski definition) is 4. The molecule has 0 fully saturated rings. The maximum absolute atomic E-state index is 9.86. The highest BCUT2D eigenvalue weighted by atomic mass is 28.3. The van der Waals surface area contributed by atoms with Crippen molar-refractivity contribution in [3.63, 3.8) is 0 Å². The highest BCUT2D eigenvalue weighted by molar-refractivity contribution is 6.90. The summed E-state index contributed by atoms with van der Waals surface area (Å²) in [5, 5.41) is 39.5. The van der Waals surface area contributed by atoms with E-state index >= 15 is 0 Å². The Kier molecular flexibility index (Phi) is 9.21. The third-order valence-electron chi connectivity index (χ3n) is 6.77. The van der Waals surface area contributed by atoms with Crippen molar-refractivity contribution in [2.24, 2.45) is 0 Å². The van der Waals surface area contributed by atoms with Crippen molar-refractivity contribution >= 4 is 19.2 Å². The molecule has 35 heavy (non-hydrogen) atoms. The van der Waals surface area contributed by atoms with Gasteiger partial charge in [0, 0.05) is 10.8 Å².